The van der Waals surface area contributed by atoms with Gasteiger partial charge in [0.05, 0.1) is 0 Å². The van der Waals surface area contributed by atoms with Crippen LogP contribution in [0.15, 0.2) is 24.3 Å². The molecule has 2 saturated heterocycles. The molecule has 0 radical (unpaired) electrons. The molecule has 2 aliphatic rings. The van der Waals surface area contributed by atoms with Crippen LogP contribution in [0.3, 0.4) is 0 Å². The molecule has 1 aromatic carbocycles. The number of likely N-dealkylation sites (tertiary alicyclic amines) is 1. The van der Waals surface area contributed by atoms with E-state index in [1.54, 1.807) is 17.0 Å². The number of anilines is 1. The summed E-state index contributed by atoms with van der Waals surface area (Å²) in [6, 6.07) is 6.96. The second-order valence-corrected chi connectivity index (χ2v) is 8.21. The van der Waals surface area contributed by atoms with Gasteiger partial charge in [0.15, 0.2) is 5.67 Å². The van der Waals surface area contributed by atoms with Gasteiger partial charge in [0.25, 0.3) is 5.91 Å². The van der Waals surface area contributed by atoms with Crippen molar-refractivity contribution in [2.75, 3.05) is 18.0 Å². The minimum Gasteiger partial charge on any atom is -0.363 e. The number of benzene rings is 1. The molecule has 1 amide bonds. The summed E-state index contributed by atoms with van der Waals surface area (Å²) in [6.45, 7) is 8.07. The Balaban J connectivity index is 1.83. The monoisotopic (exact) mass is 336 g/mol. The van der Waals surface area contributed by atoms with Crippen LogP contribution < -0.4 is 4.90 Å². The van der Waals surface area contributed by atoms with E-state index in [1.807, 2.05) is 6.07 Å². The molecular weight excluding hydrogens is 310 g/mol. The average molecular weight is 336 g/mol. The van der Waals surface area contributed by atoms with Crippen LogP contribution in [-0.4, -0.2) is 41.1 Å². The van der Waals surface area contributed by atoms with Crippen molar-refractivity contribution in [3.8, 4) is 0 Å². The molecule has 2 heterocycles. The van der Waals surface area contributed by atoms with Gasteiger partial charge in [0, 0.05) is 30.4 Å². The molecule has 5 heteroatoms. The highest BCUT2D eigenvalue weighted by Gasteiger charge is 2.49. The Kier molecular flexibility index (Phi) is 4.09. The van der Waals surface area contributed by atoms with Crippen molar-refractivity contribution in [3.05, 3.63) is 30.1 Å². The van der Waals surface area contributed by atoms with Gasteiger partial charge in [-0.05, 0) is 64.7 Å². The van der Waals surface area contributed by atoms with Crippen molar-refractivity contribution in [2.24, 2.45) is 5.92 Å². The summed E-state index contributed by atoms with van der Waals surface area (Å²) in [5.41, 5.74) is -1.06. The summed E-state index contributed by atoms with van der Waals surface area (Å²) < 4.78 is 27.7. The molecule has 3 rings (SSSR count). The smallest absolute Gasteiger partial charge is 0.259 e. The number of carbonyl (C=O) groups is 1. The lowest BCUT2D eigenvalue weighted by molar-refractivity contribution is -0.143. The lowest BCUT2D eigenvalue weighted by Crippen LogP contribution is -2.53. The fourth-order valence-electron chi connectivity index (χ4n) is 4.48. The summed E-state index contributed by atoms with van der Waals surface area (Å²) >= 11 is 0. The molecule has 0 N–H and O–H groups in total. The van der Waals surface area contributed by atoms with Crippen molar-refractivity contribution in [3.63, 3.8) is 0 Å². The van der Waals surface area contributed by atoms with Crippen LogP contribution in [0, 0.1) is 11.7 Å². The number of alkyl halides is 1. The van der Waals surface area contributed by atoms with Gasteiger partial charge >= 0.3 is 0 Å². The first kappa shape index (κ1) is 17.2. The zero-order chi connectivity index (χ0) is 17.7. The molecule has 0 unspecified atom stereocenters. The van der Waals surface area contributed by atoms with Crippen molar-refractivity contribution >= 4 is 11.6 Å². The zero-order valence-corrected chi connectivity index (χ0v) is 14.9. The molecule has 2 aliphatic heterocycles. The normalized spacial score (nSPS) is 26.4. The molecule has 0 bridgehead atoms. The van der Waals surface area contributed by atoms with Crippen LogP contribution >= 0.6 is 0 Å². The lowest BCUT2D eigenvalue weighted by atomic mass is 9.89. The van der Waals surface area contributed by atoms with E-state index in [0.29, 0.717) is 13.1 Å². The SMILES string of the molecule is CC(C)(F)C(=O)N1CC[C@H]2[C@@H](C1)CC(C)(C)N2c1cccc(F)c1. The largest absolute Gasteiger partial charge is 0.363 e. The maximum Gasteiger partial charge on any atom is 0.259 e. The van der Waals surface area contributed by atoms with Gasteiger partial charge in [-0.25, -0.2) is 8.78 Å². The van der Waals surface area contributed by atoms with Crippen molar-refractivity contribution in [1.29, 1.82) is 0 Å². The highest BCUT2D eigenvalue weighted by molar-refractivity contribution is 5.84. The van der Waals surface area contributed by atoms with Crippen molar-refractivity contribution in [2.45, 2.75) is 57.8 Å². The lowest BCUT2D eigenvalue weighted by Gasteiger charge is -2.42. The van der Waals surface area contributed by atoms with E-state index in [4.69, 9.17) is 0 Å². The summed E-state index contributed by atoms with van der Waals surface area (Å²) in [6.07, 6.45) is 1.69. The Morgan fingerprint density at radius 1 is 1.33 bits per heavy atom. The number of rotatable bonds is 2. The standard InChI is InChI=1S/C19H26F2N2O/c1-18(2)11-13-12-22(17(24)19(3,4)21)9-8-16(13)23(18)15-7-5-6-14(20)10-15/h5-7,10,13,16H,8-9,11-12H2,1-4H3/t13-,16+/m1/s1. The van der Waals surface area contributed by atoms with E-state index in [0.717, 1.165) is 18.5 Å². The first-order valence-corrected chi connectivity index (χ1v) is 8.63. The molecule has 1 aromatic rings. The minimum atomic E-state index is -1.83. The third-order valence-electron chi connectivity index (χ3n) is 5.32. The first-order valence-electron chi connectivity index (χ1n) is 8.63. The van der Waals surface area contributed by atoms with Crippen LogP contribution in [0.4, 0.5) is 14.5 Å². The quantitative estimate of drug-likeness (QED) is 0.820. The number of amides is 1. The van der Waals surface area contributed by atoms with Gasteiger partial charge in [-0.15, -0.1) is 0 Å². The Hall–Kier alpha value is -1.65. The predicted molar refractivity (Wildman–Crippen MR) is 91.2 cm³/mol. The molecule has 0 aliphatic carbocycles. The zero-order valence-electron chi connectivity index (χ0n) is 14.9. The molecule has 3 nitrogen and oxygen atoms in total. The topological polar surface area (TPSA) is 23.6 Å². The number of hydrogen-bond acceptors (Lipinski definition) is 2. The summed E-state index contributed by atoms with van der Waals surface area (Å²) in [5, 5.41) is 0. The molecule has 0 spiro atoms. The second kappa shape index (κ2) is 5.71. The summed E-state index contributed by atoms with van der Waals surface area (Å²) in [5.74, 6) is -0.384. The Labute approximate surface area is 142 Å². The molecular formula is C19H26F2N2O. The molecule has 132 valence electrons. The maximum atomic E-state index is 14.0. The van der Waals surface area contributed by atoms with Gasteiger partial charge < -0.3 is 9.80 Å². The Morgan fingerprint density at radius 3 is 2.67 bits per heavy atom. The van der Waals surface area contributed by atoms with Gasteiger partial charge in [-0.3, -0.25) is 4.79 Å². The first-order chi connectivity index (χ1) is 11.1. The summed E-state index contributed by atoms with van der Waals surface area (Å²) in [4.78, 5) is 16.2. The van der Waals surface area contributed by atoms with E-state index in [-0.39, 0.29) is 23.3 Å². The molecule has 2 atom stereocenters. The minimum absolute atomic E-state index is 0.118. The molecule has 0 aromatic heterocycles. The number of piperidine rings is 1. The number of halogens is 2. The molecule has 2 fully saturated rings. The van der Waals surface area contributed by atoms with Gasteiger partial charge in [-0.2, -0.15) is 0 Å². The van der Waals surface area contributed by atoms with Gasteiger partial charge in [0.1, 0.15) is 5.82 Å². The third kappa shape index (κ3) is 3.01. The molecule has 0 saturated carbocycles. The van der Waals surface area contributed by atoms with E-state index in [2.05, 4.69) is 18.7 Å². The third-order valence-corrected chi connectivity index (χ3v) is 5.32. The summed E-state index contributed by atoms with van der Waals surface area (Å²) in [7, 11) is 0. The fraction of sp³-hybridized carbons (Fsp3) is 0.632. The second-order valence-electron chi connectivity index (χ2n) is 8.21. The maximum absolute atomic E-state index is 14.0. The van der Waals surface area contributed by atoms with Crippen LogP contribution in [0.2, 0.25) is 0 Å². The molecule has 24 heavy (non-hydrogen) atoms. The van der Waals surface area contributed by atoms with Crippen LogP contribution in [0.1, 0.15) is 40.5 Å². The number of nitrogens with zero attached hydrogens (tertiary/aromatic N) is 2. The van der Waals surface area contributed by atoms with Crippen LogP contribution in [-0.2, 0) is 4.79 Å². The van der Waals surface area contributed by atoms with E-state index in [1.165, 1.54) is 19.9 Å². The highest BCUT2D eigenvalue weighted by atomic mass is 19.1. The average Bonchev–Trinajstić information content (AvgIpc) is 2.74. The van der Waals surface area contributed by atoms with Gasteiger partial charge in [-0.1, -0.05) is 6.07 Å². The van der Waals surface area contributed by atoms with Crippen LogP contribution in [0.25, 0.3) is 0 Å². The Bertz CT molecular complexity index is 638. The number of carbonyl (C=O) groups excluding carboxylic acids is 1. The van der Waals surface area contributed by atoms with E-state index >= 15 is 0 Å². The van der Waals surface area contributed by atoms with Gasteiger partial charge in [0.2, 0.25) is 0 Å². The fourth-order valence-corrected chi connectivity index (χ4v) is 4.48. The predicted octanol–water partition coefficient (Wildman–Crippen LogP) is 3.78. The van der Waals surface area contributed by atoms with E-state index in [9.17, 15) is 13.6 Å². The van der Waals surface area contributed by atoms with Crippen LogP contribution in [0.5, 0.6) is 0 Å². The number of hydrogen-bond donors (Lipinski definition) is 0. The van der Waals surface area contributed by atoms with Crippen molar-refractivity contribution < 1.29 is 13.6 Å². The Morgan fingerprint density at radius 2 is 2.04 bits per heavy atom. The highest BCUT2D eigenvalue weighted by Crippen LogP contribution is 2.45. The van der Waals surface area contributed by atoms with E-state index < -0.39 is 11.6 Å². The van der Waals surface area contributed by atoms with Crippen molar-refractivity contribution in [1.82, 2.24) is 4.90 Å². The number of fused-ring (bicyclic) bond motifs is 1.